The van der Waals surface area contributed by atoms with Gasteiger partial charge in [0.25, 0.3) is 0 Å². The lowest BCUT2D eigenvalue weighted by Gasteiger charge is -2.31. The molecule has 1 aliphatic heterocycles. The van der Waals surface area contributed by atoms with Crippen molar-refractivity contribution in [1.29, 1.82) is 0 Å². The van der Waals surface area contributed by atoms with Crippen molar-refractivity contribution < 1.29 is 4.74 Å². The van der Waals surface area contributed by atoms with Crippen molar-refractivity contribution in [2.45, 2.75) is 38.6 Å². The molecular formula is C19H26N4O. The maximum atomic E-state index is 6.03. The first-order chi connectivity index (χ1) is 11.7. The van der Waals surface area contributed by atoms with Crippen LogP contribution in [0.25, 0.3) is 11.4 Å². The van der Waals surface area contributed by atoms with Gasteiger partial charge < -0.3 is 15.4 Å². The van der Waals surface area contributed by atoms with Gasteiger partial charge in [0.2, 0.25) is 0 Å². The minimum absolute atomic E-state index is 0.319. The molecule has 5 nitrogen and oxygen atoms in total. The average molecular weight is 326 g/mol. The van der Waals surface area contributed by atoms with Crippen LogP contribution in [0.15, 0.2) is 30.3 Å². The Hall–Kier alpha value is -2.14. The third-order valence-corrected chi connectivity index (χ3v) is 4.48. The largest absolute Gasteiger partial charge is 0.497 e. The maximum absolute atomic E-state index is 6.03. The van der Waals surface area contributed by atoms with Crippen LogP contribution in [0.3, 0.4) is 0 Å². The van der Waals surface area contributed by atoms with Gasteiger partial charge in [0.1, 0.15) is 11.6 Å². The number of ether oxygens (including phenoxy) is 1. The van der Waals surface area contributed by atoms with Gasteiger partial charge in [-0.15, -0.1) is 0 Å². The monoisotopic (exact) mass is 326 g/mol. The summed E-state index contributed by atoms with van der Waals surface area (Å²) in [6.07, 6.45) is 4.07. The summed E-state index contributed by atoms with van der Waals surface area (Å²) in [6.45, 7) is 4.10. The number of nitrogens with two attached hydrogens (primary N) is 1. The molecule has 2 aromatic rings. The Morgan fingerprint density at radius 1 is 1.17 bits per heavy atom. The minimum atomic E-state index is 0.319. The first kappa shape index (κ1) is 16.7. The summed E-state index contributed by atoms with van der Waals surface area (Å²) >= 11 is 0. The lowest BCUT2D eigenvalue weighted by Crippen LogP contribution is -2.40. The predicted molar refractivity (Wildman–Crippen MR) is 97.4 cm³/mol. The lowest BCUT2D eigenvalue weighted by molar-refractivity contribution is 0.415. The van der Waals surface area contributed by atoms with Gasteiger partial charge >= 0.3 is 0 Å². The highest BCUT2D eigenvalue weighted by Crippen LogP contribution is 2.24. The number of anilines is 1. The van der Waals surface area contributed by atoms with Gasteiger partial charge in [0.15, 0.2) is 5.82 Å². The van der Waals surface area contributed by atoms with Gasteiger partial charge in [-0.3, -0.25) is 0 Å². The van der Waals surface area contributed by atoms with E-state index in [2.05, 4.69) is 17.9 Å². The highest BCUT2D eigenvalue weighted by molar-refractivity contribution is 5.59. The molecule has 0 spiro atoms. The van der Waals surface area contributed by atoms with Crippen molar-refractivity contribution in [2.75, 3.05) is 25.1 Å². The van der Waals surface area contributed by atoms with Gasteiger partial charge in [0.05, 0.1) is 7.11 Å². The number of piperidine rings is 1. The molecule has 0 bridgehead atoms. The van der Waals surface area contributed by atoms with E-state index in [1.54, 1.807) is 7.11 Å². The maximum Gasteiger partial charge on any atom is 0.161 e. The zero-order valence-electron chi connectivity index (χ0n) is 14.5. The molecule has 0 amide bonds. The number of aromatic nitrogens is 2. The Morgan fingerprint density at radius 3 is 2.50 bits per heavy atom. The molecule has 128 valence electrons. The fourth-order valence-electron chi connectivity index (χ4n) is 3.03. The van der Waals surface area contributed by atoms with E-state index >= 15 is 0 Å². The summed E-state index contributed by atoms with van der Waals surface area (Å²) < 4.78 is 5.24. The van der Waals surface area contributed by atoms with Gasteiger partial charge in [0, 0.05) is 36.5 Å². The highest BCUT2D eigenvalue weighted by atomic mass is 16.5. The van der Waals surface area contributed by atoms with Crippen LogP contribution in [0.4, 0.5) is 5.82 Å². The van der Waals surface area contributed by atoms with Crippen LogP contribution in [0.5, 0.6) is 5.75 Å². The van der Waals surface area contributed by atoms with E-state index in [4.69, 9.17) is 20.4 Å². The predicted octanol–water partition coefficient (Wildman–Crippen LogP) is 3.03. The first-order valence-electron chi connectivity index (χ1n) is 8.72. The molecule has 1 saturated heterocycles. The van der Waals surface area contributed by atoms with Crippen LogP contribution in [-0.4, -0.2) is 36.2 Å². The molecule has 0 unspecified atom stereocenters. The Kier molecular flexibility index (Phi) is 5.30. The van der Waals surface area contributed by atoms with Crippen molar-refractivity contribution in [2.24, 2.45) is 5.73 Å². The Labute approximate surface area is 143 Å². The van der Waals surface area contributed by atoms with Gasteiger partial charge in [-0.25, -0.2) is 9.97 Å². The smallest absolute Gasteiger partial charge is 0.161 e. The summed E-state index contributed by atoms with van der Waals surface area (Å²) in [4.78, 5) is 11.9. The van der Waals surface area contributed by atoms with Crippen LogP contribution in [0.2, 0.25) is 0 Å². The first-order valence-corrected chi connectivity index (χ1v) is 8.72. The molecule has 5 heteroatoms. The number of benzene rings is 1. The second-order valence-corrected chi connectivity index (χ2v) is 6.34. The summed E-state index contributed by atoms with van der Waals surface area (Å²) in [7, 11) is 1.67. The van der Waals surface area contributed by atoms with Crippen LogP contribution in [-0.2, 0) is 6.42 Å². The van der Waals surface area contributed by atoms with Gasteiger partial charge in [-0.05, 0) is 43.5 Å². The fourth-order valence-corrected chi connectivity index (χ4v) is 3.03. The van der Waals surface area contributed by atoms with E-state index in [0.717, 1.165) is 67.4 Å². The van der Waals surface area contributed by atoms with Crippen molar-refractivity contribution in [3.8, 4) is 17.1 Å². The van der Waals surface area contributed by atoms with Crippen molar-refractivity contribution >= 4 is 5.82 Å². The fraction of sp³-hybridized carbons (Fsp3) is 0.474. The van der Waals surface area contributed by atoms with Crippen molar-refractivity contribution in [3.63, 3.8) is 0 Å². The molecule has 1 aromatic carbocycles. The van der Waals surface area contributed by atoms with Gasteiger partial charge in [-0.1, -0.05) is 13.3 Å². The summed E-state index contributed by atoms with van der Waals surface area (Å²) in [5.74, 6) is 2.65. The van der Waals surface area contributed by atoms with Crippen molar-refractivity contribution in [1.82, 2.24) is 9.97 Å². The number of rotatable bonds is 5. The Bertz CT molecular complexity index is 664. The average Bonchev–Trinajstić information content (AvgIpc) is 2.62. The molecule has 0 atom stereocenters. The second-order valence-electron chi connectivity index (χ2n) is 6.34. The molecule has 0 radical (unpaired) electrons. The molecule has 0 aliphatic carbocycles. The third kappa shape index (κ3) is 3.85. The van der Waals surface area contributed by atoms with E-state index < -0.39 is 0 Å². The van der Waals surface area contributed by atoms with Crippen LogP contribution in [0, 0.1) is 0 Å². The standard InChI is InChI=1S/C19H26N4O/c1-3-4-16-13-18(23-11-9-15(20)10-12-23)22-19(21-16)14-5-7-17(24-2)8-6-14/h5-8,13,15H,3-4,9-12,20H2,1-2H3. The highest BCUT2D eigenvalue weighted by Gasteiger charge is 2.19. The van der Waals surface area contributed by atoms with Crippen LogP contribution >= 0.6 is 0 Å². The van der Waals surface area contributed by atoms with E-state index in [-0.39, 0.29) is 0 Å². The quantitative estimate of drug-likeness (QED) is 0.915. The Morgan fingerprint density at radius 2 is 1.88 bits per heavy atom. The number of methoxy groups -OCH3 is 1. The molecule has 0 saturated carbocycles. The minimum Gasteiger partial charge on any atom is -0.497 e. The van der Waals surface area contributed by atoms with E-state index in [9.17, 15) is 0 Å². The van der Waals surface area contributed by atoms with Crippen LogP contribution in [0.1, 0.15) is 31.9 Å². The SMILES string of the molecule is CCCc1cc(N2CCC(N)CC2)nc(-c2ccc(OC)cc2)n1. The summed E-state index contributed by atoms with van der Waals surface area (Å²) in [5, 5.41) is 0. The number of hydrogen-bond donors (Lipinski definition) is 1. The summed E-state index contributed by atoms with van der Waals surface area (Å²) in [5.41, 5.74) is 8.15. The molecule has 24 heavy (non-hydrogen) atoms. The molecule has 1 fully saturated rings. The molecule has 2 heterocycles. The van der Waals surface area contributed by atoms with Crippen molar-refractivity contribution in [3.05, 3.63) is 36.0 Å². The normalized spacial score (nSPS) is 15.5. The van der Waals surface area contributed by atoms with Crippen LogP contribution < -0.4 is 15.4 Å². The lowest BCUT2D eigenvalue weighted by atomic mass is 10.1. The molecular weight excluding hydrogens is 300 g/mol. The zero-order valence-corrected chi connectivity index (χ0v) is 14.5. The number of hydrogen-bond acceptors (Lipinski definition) is 5. The second kappa shape index (κ2) is 7.62. The Balaban J connectivity index is 1.92. The molecule has 2 N–H and O–H groups in total. The molecule has 1 aliphatic rings. The molecule has 3 rings (SSSR count). The van der Waals surface area contributed by atoms with E-state index in [1.807, 2.05) is 24.3 Å². The zero-order chi connectivity index (χ0) is 16.9. The van der Waals surface area contributed by atoms with E-state index in [0.29, 0.717) is 6.04 Å². The molecule has 1 aromatic heterocycles. The third-order valence-electron chi connectivity index (χ3n) is 4.48. The number of aryl methyl sites for hydroxylation is 1. The van der Waals surface area contributed by atoms with Gasteiger partial charge in [-0.2, -0.15) is 0 Å². The summed E-state index contributed by atoms with van der Waals surface area (Å²) in [6, 6.07) is 10.4. The topological polar surface area (TPSA) is 64.3 Å². The number of nitrogens with zero attached hydrogens (tertiary/aromatic N) is 3. The van der Waals surface area contributed by atoms with E-state index in [1.165, 1.54) is 0 Å².